The van der Waals surface area contributed by atoms with Gasteiger partial charge in [0.25, 0.3) is 11.6 Å². The van der Waals surface area contributed by atoms with Gasteiger partial charge in [0.1, 0.15) is 0 Å². The molecule has 0 aliphatic carbocycles. The van der Waals surface area contributed by atoms with Crippen LogP contribution in [0.2, 0.25) is 0 Å². The Kier molecular flexibility index (Phi) is 4.47. The van der Waals surface area contributed by atoms with Crippen molar-refractivity contribution in [2.45, 2.75) is 19.3 Å². The van der Waals surface area contributed by atoms with E-state index in [-0.39, 0.29) is 11.6 Å². The molecule has 1 amide bonds. The Labute approximate surface area is 117 Å². The Hall–Kier alpha value is -2.21. The van der Waals surface area contributed by atoms with Crippen LogP contribution in [0.5, 0.6) is 0 Å². The number of benzene rings is 1. The highest BCUT2D eigenvalue weighted by Crippen LogP contribution is 2.18. The Morgan fingerprint density at radius 3 is 2.35 bits per heavy atom. The monoisotopic (exact) mass is 275 g/mol. The van der Waals surface area contributed by atoms with Crippen LogP contribution in [0.15, 0.2) is 30.8 Å². The fourth-order valence-corrected chi connectivity index (χ4v) is 2.13. The van der Waals surface area contributed by atoms with E-state index in [1.54, 1.807) is 0 Å². The van der Waals surface area contributed by atoms with Crippen molar-refractivity contribution in [1.82, 2.24) is 10.4 Å². The van der Waals surface area contributed by atoms with Crippen LogP contribution in [-0.4, -0.2) is 28.9 Å². The van der Waals surface area contributed by atoms with Gasteiger partial charge in [-0.15, -0.1) is 0 Å². The zero-order chi connectivity index (χ0) is 14.5. The summed E-state index contributed by atoms with van der Waals surface area (Å²) >= 11 is 0. The van der Waals surface area contributed by atoms with Crippen molar-refractivity contribution in [3.05, 3.63) is 46.5 Å². The zero-order valence-electron chi connectivity index (χ0n) is 11.2. The lowest BCUT2D eigenvalue weighted by Gasteiger charge is -2.27. The first kappa shape index (κ1) is 14.2. The van der Waals surface area contributed by atoms with Crippen molar-refractivity contribution in [3.63, 3.8) is 0 Å². The molecule has 6 heteroatoms. The van der Waals surface area contributed by atoms with Gasteiger partial charge in [0.2, 0.25) is 0 Å². The van der Waals surface area contributed by atoms with Crippen molar-refractivity contribution in [3.8, 4) is 0 Å². The first-order valence-electron chi connectivity index (χ1n) is 6.57. The SMILES string of the molecule is C=C(C(=O)NN1CCCCC1)c1ccc([N+](=O)[O-])cc1. The van der Waals surface area contributed by atoms with E-state index < -0.39 is 4.92 Å². The lowest BCUT2D eigenvalue weighted by Crippen LogP contribution is -2.45. The Morgan fingerprint density at radius 1 is 1.20 bits per heavy atom. The molecule has 2 rings (SSSR count). The van der Waals surface area contributed by atoms with E-state index in [0.717, 1.165) is 25.9 Å². The maximum Gasteiger partial charge on any atom is 0.269 e. The van der Waals surface area contributed by atoms with Gasteiger partial charge in [-0.3, -0.25) is 20.3 Å². The molecule has 106 valence electrons. The average molecular weight is 275 g/mol. The molecule has 0 atom stereocenters. The molecule has 0 radical (unpaired) electrons. The number of nitro groups is 1. The van der Waals surface area contributed by atoms with Gasteiger partial charge in [-0.05, 0) is 30.5 Å². The molecule has 1 aromatic carbocycles. The van der Waals surface area contributed by atoms with Crippen molar-refractivity contribution in [2.24, 2.45) is 0 Å². The minimum Gasteiger partial charge on any atom is -0.285 e. The lowest BCUT2D eigenvalue weighted by molar-refractivity contribution is -0.384. The van der Waals surface area contributed by atoms with Gasteiger partial charge in [-0.1, -0.05) is 13.0 Å². The second-order valence-electron chi connectivity index (χ2n) is 4.77. The van der Waals surface area contributed by atoms with E-state index >= 15 is 0 Å². The van der Waals surface area contributed by atoms with Gasteiger partial charge in [-0.2, -0.15) is 0 Å². The first-order chi connectivity index (χ1) is 9.58. The number of rotatable bonds is 4. The van der Waals surface area contributed by atoms with Crippen molar-refractivity contribution >= 4 is 17.2 Å². The summed E-state index contributed by atoms with van der Waals surface area (Å²) in [5, 5.41) is 12.5. The number of amides is 1. The van der Waals surface area contributed by atoms with Crippen LogP contribution < -0.4 is 5.43 Å². The van der Waals surface area contributed by atoms with E-state index in [0.29, 0.717) is 11.1 Å². The van der Waals surface area contributed by atoms with Gasteiger partial charge < -0.3 is 0 Å². The summed E-state index contributed by atoms with van der Waals surface area (Å²) in [6.45, 7) is 5.45. The van der Waals surface area contributed by atoms with Crippen LogP contribution in [0.25, 0.3) is 5.57 Å². The summed E-state index contributed by atoms with van der Waals surface area (Å²) in [5.41, 5.74) is 3.71. The van der Waals surface area contributed by atoms with E-state index in [9.17, 15) is 14.9 Å². The molecular formula is C14H17N3O3. The number of carbonyl (C=O) groups is 1. The van der Waals surface area contributed by atoms with E-state index in [1.165, 1.54) is 30.7 Å². The maximum absolute atomic E-state index is 12.0. The van der Waals surface area contributed by atoms with Crippen LogP contribution in [-0.2, 0) is 4.79 Å². The number of nitrogens with one attached hydrogen (secondary N) is 1. The molecule has 1 aliphatic rings. The second-order valence-corrected chi connectivity index (χ2v) is 4.77. The Bertz CT molecular complexity index is 519. The minimum atomic E-state index is -0.472. The molecule has 1 N–H and O–H groups in total. The fourth-order valence-electron chi connectivity index (χ4n) is 2.13. The van der Waals surface area contributed by atoms with E-state index in [1.807, 2.05) is 5.01 Å². The first-order valence-corrected chi connectivity index (χ1v) is 6.57. The van der Waals surface area contributed by atoms with E-state index in [2.05, 4.69) is 12.0 Å². The fraction of sp³-hybridized carbons (Fsp3) is 0.357. The zero-order valence-corrected chi connectivity index (χ0v) is 11.2. The average Bonchev–Trinajstić information content (AvgIpc) is 2.47. The molecule has 0 bridgehead atoms. The predicted octanol–water partition coefficient (Wildman–Crippen LogP) is 2.13. The third kappa shape index (κ3) is 3.42. The molecular weight excluding hydrogens is 258 g/mol. The molecule has 1 fully saturated rings. The largest absolute Gasteiger partial charge is 0.285 e. The number of hydrazine groups is 1. The number of nitro benzene ring substituents is 1. The van der Waals surface area contributed by atoms with Gasteiger partial charge in [0, 0.05) is 30.8 Å². The molecule has 6 nitrogen and oxygen atoms in total. The lowest BCUT2D eigenvalue weighted by atomic mass is 10.1. The number of piperidine rings is 1. The molecule has 0 saturated carbocycles. The maximum atomic E-state index is 12.0. The minimum absolute atomic E-state index is 0.00186. The Balaban J connectivity index is 1.98. The molecule has 1 heterocycles. The normalized spacial score (nSPS) is 15.6. The summed E-state index contributed by atoms with van der Waals surface area (Å²) in [6, 6.07) is 5.82. The highest BCUT2D eigenvalue weighted by Gasteiger charge is 2.16. The highest BCUT2D eigenvalue weighted by atomic mass is 16.6. The molecule has 0 spiro atoms. The van der Waals surface area contributed by atoms with Crippen LogP contribution in [0.3, 0.4) is 0 Å². The second kappa shape index (κ2) is 6.29. The molecule has 1 aliphatic heterocycles. The van der Waals surface area contributed by atoms with Crippen LogP contribution >= 0.6 is 0 Å². The number of nitrogens with zero attached hydrogens (tertiary/aromatic N) is 2. The van der Waals surface area contributed by atoms with Crippen LogP contribution in [0.4, 0.5) is 5.69 Å². The topological polar surface area (TPSA) is 75.5 Å². The van der Waals surface area contributed by atoms with Gasteiger partial charge in [0.05, 0.1) is 4.92 Å². The van der Waals surface area contributed by atoms with Gasteiger partial charge in [0.15, 0.2) is 0 Å². The molecule has 1 saturated heterocycles. The number of carbonyl (C=O) groups excluding carboxylic acids is 1. The van der Waals surface area contributed by atoms with Crippen LogP contribution in [0, 0.1) is 10.1 Å². The third-order valence-corrected chi connectivity index (χ3v) is 3.32. The van der Waals surface area contributed by atoms with Crippen LogP contribution in [0.1, 0.15) is 24.8 Å². The molecule has 0 aromatic heterocycles. The number of non-ortho nitro benzene ring substituents is 1. The summed E-state index contributed by atoms with van der Waals surface area (Å²) in [4.78, 5) is 22.1. The molecule has 20 heavy (non-hydrogen) atoms. The smallest absolute Gasteiger partial charge is 0.269 e. The summed E-state index contributed by atoms with van der Waals surface area (Å²) < 4.78 is 0. The number of hydrogen-bond acceptors (Lipinski definition) is 4. The Morgan fingerprint density at radius 2 is 1.80 bits per heavy atom. The third-order valence-electron chi connectivity index (χ3n) is 3.32. The summed E-state index contributed by atoms with van der Waals surface area (Å²) in [5.74, 6) is -0.263. The van der Waals surface area contributed by atoms with Crippen molar-refractivity contribution < 1.29 is 9.72 Å². The van der Waals surface area contributed by atoms with E-state index in [4.69, 9.17) is 0 Å². The van der Waals surface area contributed by atoms with Crippen molar-refractivity contribution in [1.29, 1.82) is 0 Å². The number of hydrogen-bond donors (Lipinski definition) is 1. The quantitative estimate of drug-likeness (QED) is 0.519. The predicted molar refractivity (Wildman–Crippen MR) is 75.7 cm³/mol. The summed E-state index contributed by atoms with van der Waals surface area (Å²) in [7, 11) is 0. The molecule has 1 aromatic rings. The van der Waals surface area contributed by atoms with Gasteiger partial charge >= 0.3 is 0 Å². The summed E-state index contributed by atoms with van der Waals surface area (Å²) in [6.07, 6.45) is 3.34. The van der Waals surface area contributed by atoms with Gasteiger partial charge in [-0.25, -0.2) is 5.01 Å². The standard InChI is InChI=1S/C14H17N3O3/c1-11(12-5-7-13(8-6-12)17(19)20)14(18)15-16-9-3-2-4-10-16/h5-8H,1-4,9-10H2,(H,15,18). The highest BCUT2D eigenvalue weighted by molar-refractivity contribution is 6.18. The molecule has 0 unspecified atom stereocenters. The van der Waals surface area contributed by atoms with Crippen molar-refractivity contribution in [2.75, 3.05) is 13.1 Å².